The van der Waals surface area contributed by atoms with Crippen molar-refractivity contribution in [3.05, 3.63) is 54.0 Å². The Kier molecular flexibility index (Phi) is 2.73. The van der Waals surface area contributed by atoms with Gasteiger partial charge < -0.3 is 5.11 Å². The van der Waals surface area contributed by atoms with Gasteiger partial charge in [-0.05, 0) is 5.56 Å². The molecule has 1 aromatic carbocycles. The van der Waals surface area contributed by atoms with Gasteiger partial charge in [-0.2, -0.15) is 0 Å². The van der Waals surface area contributed by atoms with Crippen molar-refractivity contribution in [1.29, 1.82) is 0 Å². The summed E-state index contributed by atoms with van der Waals surface area (Å²) in [5, 5.41) is 9.32. The van der Waals surface area contributed by atoms with Gasteiger partial charge >= 0.3 is 0 Å². The molecule has 1 unspecified atom stereocenters. The average molecular weight is 160 g/mol. The van der Waals surface area contributed by atoms with Crippen LogP contribution in [0.15, 0.2) is 48.4 Å². The summed E-state index contributed by atoms with van der Waals surface area (Å²) in [5.74, 6) is 0.185. The number of allylic oxidation sites excluding steroid dienone is 1. The molecule has 0 amide bonds. The molecule has 0 radical (unpaired) electrons. The molecule has 0 spiro atoms. The van der Waals surface area contributed by atoms with Gasteiger partial charge in [0.05, 0.1) is 0 Å². The Labute approximate surface area is 72.7 Å². The molecular formula is C11H12O. The Hall–Kier alpha value is -1.46. The predicted molar refractivity (Wildman–Crippen MR) is 50.1 cm³/mol. The topological polar surface area (TPSA) is 20.2 Å². The Morgan fingerprint density at radius 3 is 2.50 bits per heavy atom. The monoisotopic (exact) mass is 160 g/mol. The fourth-order valence-corrected chi connectivity index (χ4v) is 1.05. The molecule has 1 N–H and O–H groups in total. The lowest BCUT2D eigenvalue weighted by Gasteiger charge is -2.08. The van der Waals surface area contributed by atoms with Crippen LogP contribution in [0.2, 0.25) is 0 Å². The maximum Gasteiger partial charge on any atom is 0.141 e. The number of rotatable bonds is 2. The first-order valence-corrected chi connectivity index (χ1v) is 3.89. The third-order valence-corrected chi connectivity index (χ3v) is 1.89. The Morgan fingerprint density at radius 2 is 2.00 bits per heavy atom. The van der Waals surface area contributed by atoms with Crippen molar-refractivity contribution in [1.82, 2.24) is 0 Å². The molecule has 0 saturated heterocycles. The fraction of sp³-hybridized carbons (Fsp3) is 0.182. The second-order valence-corrected chi connectivity index (χ2v) is 2.69. The lowest BCUT2D eigenvalue weighted by molar-refractivity contribution is 0.376. The summed E-state index contributed by atoms with van der Waals surface area (Å²) in [6.07, 6.45) is 0. The van der Waals surface area contributed by atoms with Crippen molar-refractivity contribution in [3.8, 4) is 0 Å². The lowest BCUT2D eigenvalue weighted by atomic mass is 10.00. The number of hydrogen-bond donors (Lipinski definition) is 1. The Morgan fingerprint density at radius 1 is 1.42 bits per heavy atom. The van der Waals surface area contributed by atoms with Gasteiger partial charge in [0.1, 0.15) is 5.76 Å². The molecule has 0 aromatic heterocycles. The maximum atomic E-state index is 9.32. The van der Waals surface area contributed by atoms with Crippen LogP contribution in [-0.4, -0.2) is 5.11 Å². The third-order valence-electron chi connectivity index (χ3n) is 1.89. The Balaban J connectivity index is 2.93. The zero-order chi connectivity index (χ0) is 8.97. The summed E-state index contributed by atoms with van der Waals surface area (Å²) < 4.78 is 0. The number of hydrogen-bond acceptors (Lipinski definition) is 1. The van der Waals surface area contributed by atoms with Crippen LogP contribution >= 0.6 is 0 Å². The van der Waals surface area contributed by atoms with Crippen LogP contribution in [0, 0.1) is 0 Å². The highest BCUT2D eigenvalue weighted by Gasteiger charge is 2.07. The van der Waals surface area contributed by atoms with Crippen molar-refractivity contribution in [2.24, 2.45) is 0 Å². The van der Waals surface area contributed by atoms with Crippen LogP contribution in [0.1, 0.15) is 18.4 Å². The normalized spacial score (nSPS) is 11.8. The molecule has 0 saturated carbocycles. The van der Waals surface area contributed by atoms with Crippen molar-refractivity contribution in [2.75, 3.05) is 0 Å². The molecule has 1 heteroatoms. The van der Waals surface area contributed by atoms with Crippen LogP contribution in [0.25, 0.3) is 0 Å². The van der Waals surface area contributed by atoms with Crippen molar-refractivity contribution < 1.29 is 5.11 Å². The molecule has 0 heterocycles. The van der Waals surface area contributed by atoms with Gasteiger partial charge in [-0.1, -0.05) is 49.6 Å². The minimum Gasteiger partial charge on any atom is -0.504 e. The first kappa shape index (κ1) is 8.63. The van der Waals surface area contributed by atoms with E-state index in [1.807, 2.05) is 37.3 Å². The summed E-state index contributed by atoms with van der Waals surface area (Å²) in [5.41, 5.74) is 3.56. The largest absolute Gasteiger partial charge is 0.504 e. The molecule has 62 valence electrons. The third kappa shape index (κ3) is 1.77. The highest BCUT2D eigenvalue weighted by atomic mass is 16.3. The molecule has 1 aromatic rings. The van der Waals surface area contributed by atoms with Gasteiger partial charge in [-0.3, -0.25) is 0 Å². The van der Waals surface area contributed by atoms with Gasteiger partial charge in [0.25, 0.3) is 0 Å². The molecule has 0 fully saturated rings. The number of benzene rings is 1. The highest BCUT2D eigenvalue weighted by molar-refractivity contribution is 5.24. The van der Waals surface area contributed by atoms with Gasteiger partial charge in [0.2, 0.25) is 0 Å². The first-order valence-electron chi connectivity index (χ1n) is 3.89. The fourth-order valence-electron chi connectivity index (χ4n) is 1.05. The maximum absolute atomic E-state index is 9.32. The van der Waals surface area contributed by atoms with Crippen LogP contribution in [0.4, 0.5) is 0 Å². The van der Waals surface area contributed by atoms with E-state index < -0.39 is 0 Å². The quantitative estimate of drug-likeness (QED) is 0.520. The zero-order valence-corrected chi connectivity index (χ0v) is 7.12. The molecule has 1 atom stereocenters. The molecule has 1 rings (SSSR count). The minimum atomic E-state index is -0.0105. The van der Waals surface area contributed by atoms with Crippen LogP contribution < -0.4 is 0 Å². The second-order valence-electron chi connectivity index (χ2n) is 2.69. The lowest BCUT2D eigenvalue weighted by Crippen LogP contribution is -1.95. The molecule has 0 aliphatic carbocycles. The summed E-state index contributed by atoms with van der Waals surface area (Å²) >= 11 is 0. The summed E-state index contributed by atoms with van der Waals surface area (Å²) in [7, 11) is 0. The van der Waals surface area contributed by atoms with Gasteiger partial charge in [-0.15, -0.1) is 0 Å². The van der Waals surface area contributed by atoms with Crippen molar-refractivity contribution >= 4 is 0 Å². The molecule has 12 heavy (non-hydrogen) atoms. The van der Waals surface area contributed by atoms with E-state index in [9.17, 15) is 5.11 Å². The van der Waals surface area contributed by atoms with Gasteiger partial charge in [-0.25, -0.2) is 0 Å². The van der Waals surface area contributed by atoms with E-state index in [-0.39, 0.29) is 11.7 Å². The van der Waals surface area contributed by atoms with E-state index in [1.165, 1.54) is 0 Å². The van der Waals surface area contributed by atoms with E-state index in [2.05, 4.69) is 12.3 Å². The first-order chi connectivity index (χ1) is 5.75. The van der Waals surface area contributed by atoms with E-state index >= 15 is 0 Å². The zero-order valence-electron chi connectivity index (χ0n) is 7.12. The number of aliphatic hydroxyl groups is 1. The van der Waals surface area contributed by atoms with E-state index in [1.54, 1.807) is 0 Å². The van der Waals surface area contributed by atoms with Gasteiger partial charge in [0, 0.05) is 5.92 Å². The predicted octanol–water partition coefficient (Wildman–Crippen LogP) is 3.02. The summed E-state index contributed by atoms with van der Waals surface area (Å²) in [4.78, 5) is 0. The average Bonchev–Trinajstić information content (AvgIpc) is 2.17. The standard InChI is InChI=1S/C11H12O/c1-3-11(12)9(2)10-7-5-4-6-8-10/h4-9,12H,1H2,2H3. The van der Waals surface area contributed by atoms with E-state index in [4.69, 9.17) is 0 Å². The number of aliphatic hydroxyl groups excluding tert-OH is 1. The Bertz CT molecular complexity index is 294. The summed E-state index contributed by atoms with van der Waals surface area (Å²) in [6.45, 7) is 5.31. The van der Waals surface area contributed by atoms with Crippen LogP contribution in [0.5, 0.6) is 0 Å². The molecule has 0 bridgehead atoms. The van der Waals surface area contributed by atoms with Crippen molar-refractivity contribution in [2.45, 2.75) is 12.8 Å². The molecular weight excluding hydrogens is 148 g/mol. The SMILES string of the molecule is C=C=C(O)C(C)c1ccccc1. The van der Waals surface area contributed by atoms with Crippen LogP contribution in [-0.2, 0) is 0 Å². The minimum absolute atomic E-state index is 0.0105. The molecule has 1 nitrogen and oxygen atoms in total. The van der Waals surface area contributed by atoms with Crippen LogP contribution in [0.3, 0.4) is 0 Å². The van der Waals surface area contributed by atoms with Gasteiger partial charge in [0.15, 0.2) is 0 Å². The molecule has 0 aliphatic rings. The summed E-state index contributed by atoms with van der Waals surface area (Å²) in [6, 6.07) is 9.78. The van der Waals surface area contributed by atoms with Crippen molar-refractivity contribution in [3.63, 3.8) is 0 Å². The smallest absolute Gasteiger partial charge is 0.141 e. The van der Waals surface area contributed by atoms with E-state index in [0.29, 0.717) is 0 Å². The second kappa shape index (κ2) is 3.80. The highest BCUT2D eigenvalue weighted by Crippen LogP contribution is 2.19. The van der Waals surface area contributed by atoms with E-state index in [0.717, 1.165) is 5.56 Å². The molecule has 0 aliphatic heterocycles.